The maximum Gasteiger partial charge on any atom is 0.573 e. The standard InChI is InChI=1S/C18H17F3N2O7S/c19-18(20,21)30-12-7-5-11(6-8-12)29-15-10-23(9-14(15)24)31(27,28)16-4-2-1-3-13(16)17(25)22-26/h1-8,14-15,24,26H,9-10H2,(H,22,25). The first-order chi connectivity index (χ1) is 14.5. The van der Waals surface area contributed by atoms with Crippen LogP contribution < -0.4 is 15.0 Å². The Bertz CT molecular complexity index is 1040. The molecule has 0 aromatic heterocycles. The highest BCUT2D eigenvalue weighted by Crippen LogP contribution is 2.28. The molecule has 1 heterocycles. The number of hydrogen-bond donors (Lipinski definition) is 3. The highest BCUT2D eigenvalue weighted by atomic mass is 32.2. The van der Waals surface area contributed by atoms with Crippen LogP contribution >= 0.6 is 0 Å². The first-order valence-electron chi connectivity index (χ1n) is 8.75. The Kier molecular flexibility index (Phi) is 6.40. The molecular formula is C18H17F3N2O7S. The fourth-order valence-electron chi connectivity index (χ4n) is 3.01. The van der Waals surface area contributed by atoms with E-state index in [1.165, 1.54) is 41.9 Å². The summed E-state index contributed by atoms with van der Waals surface area (Å²) in [6.45, 7) is -0.614. The summed E-state index contributed by atoms with van der Waals surface area (Å²) in [4.78, 5) is 11.4. The Morgan fingerprint density at radius 1 is 1.06 bits per heavy atom. The van der Waals surface area contributed by atoms with Crippen LogP contribution in [0.3, 0.4) is 0 Å². The molecule has 1 fully saturated rings. The van der Waals surface area contributed by atoms with Gasteiger partial charge in [-0.2, -0.15) is 4.31 Å². The average Bonchev–Trinajstić information content (AvgIpc) is 3.09. The van der Waals surface area contributed by atoms with Crippen molar-refractivity contribution in [2.45, 2.75) is 23.5 Å². The Hall–Kier alpha value is -2.87. The highest BCUT2D eigenvalue weighted by molar-refractivity contribution is 7.89. The van der Waals surface area contributed by atoms with Crippen molar-refractivity contribution in [2.75, 3.05) is 13.1 Å². The van der Waals surface area contributed by atoms with Crippen molar-refractivity contribution in [3.05, 3.63) is 54.1 Å². The van der Waals surface area contributed by atoms with Crippen LogP contribution in [0.25, 0.3) is 0 Å². The Labute approximate surface area is 174 Å². The molecule has 2 aromatic rings. The summed E-state index contributed by atoms with van der Waals surface area (Å²) >= 11 is 0. The number of aliphatic hydroxyl groups is 1. The number of β-amino-alcohol motifs (C(OH)–C–C–N with tert-alkyl or cyclic N) is 1. The number of hydrogen-bond acceptors (Lipinski definition) is 7. The third-order valence-electron chi connectivity index (χ3n) is 4.40. The molecular weight excluding hydrogens is 445 g/mol. The molecule has 3 N–H and O–H groups in total. The second-order valence-electron chi connectivity index (χ2n) is 6.50. The molecule has 31 heavy (non-hydrogen) atoms. The molecule has 0 spiro atoms. The lowest BCUT2D eigenvalue weighted by atomic mass is 10.2. The van der Waals surface area contributed by atoms with Crippen LogP contribution in [0.1, 0.15) is 10.4 Å². The predicted octanol–water partition coefficient (Wildman–Crippen LogP) is 1.52. The van der Waals surface area contributed by atoms with E-state index in [2.05, 4.69) is 4.74 Å². The molecule has 13 heteroatoms. The smallest absolute Gasteiger partial charge is 0.486 e. The van der Waals surface area contributed by atoms with Crippen LogP contribution in [-0.4, -0.2) is 60.6 Å². The monoisotopic (exact) mass is 462 g/mol. The molecule has 0 saturated carbocycles. The number of rotatable bonds is 6. The number of nitrogens with one attached hydrogen (secondary N) is 1. The van der Waals surface area contributed by atoms with Crippen molar-refractivity contribution in [2.24, 2.45) is 0 Å². The number of amides is 1. The minimum atomic E-state index is -4.85. The molecule has 0 radical (unpaired) electrons. The lowest BCUT2D eigenvalue weighted by Crippen LogP contribution is -2.33. The Balaban J connectivity index is 1.74. The third-order valence-corrected chi connectivity index (χ3v) is 6.29. The SMILES string of the molecule is O=C(NO)c1ccccc1S(=O)(=O)N1CC(O)C(Oc2ccc(OC(F)(F)F)cc2)C1. The van der Waals surface area contributed by atoms with Gasteiger partial charge in [0.05, 0.1) is 17.0 Å². The number of carbonyl (C=O) groups is 1. The zero-order valence-corrected chi connectivity index (χ0v) is 16.4. The van der Waals surface area contributed by atoms with Crippen LogP contribution in [0.2, 0.25) is 0 Å². The molecule has 2 aromatic carbocycles. The van der Waals surface area contributed by atoms with E-state index in [-0.39, 0.29) is 29.3 Å². The van der Waals surface area contributed by atoms with Crippen LogP contribution in [0.4, 0.5) is 13.2 Å². The maximum atomic E-state index is 13.0. The van der Waals surface area contributed by atoms with Gasteiger partial charge in [0.25, 0.3) is 5.91 Å². The summed E-state index contributed by atoms with van der Waals surface area (Å²) in [5.41, 5.74) is 1.09. The van der Waals surface area contributed by atoms with E-state index in [1.54, 1.807) is 0 Å². The third kappa shape index (κ3) is 5.25. The number of alkyl halides is 3. The number of carbonyl (C=O) groups excluding carboxylic acids is 1. The van der Waals surface area contributed by atoms with Gasteiger partial charge in [-0.1, -0.05) is 12.1 Å². The van der Waals surface area contributed by atoms with E-state index in [9.17, 15) is 31.5 Å². The van der Waals surface area contributed by atoms with Gasteiger partial charge in [-0.3, -0.25) is 10.0 Å². The largest absolute Gasteiger partial charge is 0.573 e. The Morgan fingerprint density at radius 3 is 2.29 bits per heavy atom. The minimum Gasteiger partial charge on any atom is -0.486 e. The summed E-state index contributed by atoms with van der Waals surface area (Å²) < 4.78 is 72.8. The maximum absolute atomic E-state index is 13.0. The van der Waals surface area contributed by atoms with Gasteiger partial charge >= 0.3 is 6.36 Å². The lowest BCUT2D eigenvalue weighted by Gasteiger charge is -2.18. The highest BCUT2D eigenvalue weighted by Gasteiger charge is 2.41. The zero-order valence-electron chi connectivity index (χ0n) is 15.6. The molecule has 1 amide bonds. The van der Waals surface area contributed by atoms with Crippen molar-refractivity contribution >= 4 is 15.9 Å². The molecule has 1 aliphatic rings. The van der Waals surface area contributed by atoms with E-state index >= 15 is 0 Å². The quantitative estimate of drug-likeness (QED) is 0.439. The van der Waals surface area contributed by atoms with Crippen molar-refractivity contribution in [1.82, 2.24) is 9.79 Å². The second kappa shape index (κ2) is 8.70. The number of hydroxylamine groups is 1. The van der Waals surface area contributed by atoms with Crippen LogP contribution in [0.5, 0.6) is 11.5 Å². The Morgan fingerprint density at radius 2 is 1.68 bits per heavy atom. The summed E-state index contributed by atoms with van der Waals surface area (Å²) in [7, 11) is -4.23. The minimum absolute atomic E-state index is 0.0953. The van der Waals surface area contributed by atoms with Crippen LogP contribution in [-0.2, 0) is 10.0 Å². The van der Waals surface area contributed by atoms with E-state index in [0.717, 1.165) is 16.4 Å². The van der Waals surface area contributed by atoms with Crippen LogP contribution in [0.15, 0.2) is 53.4 Å². The number of halogens is 3. The van der Waals surface area contributed by atoms with Crippen molar-refractivity contribution in [1.29, 1.82) is 0 Å². The lowest BCUT2D eigenvalue weighted by molar-refractivity contribution is -0.274. The summed E-state index contributed by atoms with van der Waals surface area (Å²) in [6, 6.07) is 9.61. The number of nitrogens with zero attached hydrogens (tertiary/aromatic N) is 1. The van der Waals surface area contributed by atoms with Gasteiger partial charge in [-0.25, -0.2) is 13.9 Å². The summed E-state index contributed by atoms with van der Waals surface area (Å²) in [5.74, 6) is -1.39. The zero-order chi connectivity index (χ0) is 22.8. The van der Waals surface area contributed by atoms with Gasteiger partial charge in [0, 0.05) is 6.54 Å². The van der Waals surface area contributed by atoms with Crippen molar-refractivity contribution in [3.63, 3.8) is 0 Å². The van der Waals surface area contributed by atoms with Gasteiger partial charge < -0.3 is 14.6 Å². The molecule has 3 rings (SSSR count). The fraction of sp³-hybridized carbons (Fsp3) is 0.278. The number of benzene rings is 2. The van der Waals surface area contributed by atoms with E-state index in [0.29, 0.717) is 0 Å². The first kappa shape index (κ1) is 22.8. The predicted molar refractivity (Wildman–Crippen MR) is 98.0 cm³/mol. The van der Waals surface area contributed by atoms with Gasteiger partial charge in [-0.05, 0) is 36.4 Å². The van der Waals surface area contributed by atoms with Crippen molar-refractivity contribution in [3.8, 4) is 11.5 Å². The van der Waals surface area contributed by atoms with Crippen LogP contribution in [0, 0.1) is 0 Å². The second-order valence-corrected chi connectivity index (χ2v) is 8.41. The molecule has 2 unspecified atom stereocenters. The van der Waals surface area contributed by atoms with Gasteiger partial charge in [-0.15, -0.1) is 13.2 Å². The van der Waals surface area contributed by atoms with E-state index < -0.39 is 40.3 Å². The number of sulfonamides is 1. The molecule has 0 bridgehead atoms. The normalized spacial score (nSPS) is 19.8. The van der Waals surface area contributed by atoms with Crippen molar-refractivity contribution < 1.29 is 46.2 Å². The summed E-state index contributed by atoms with van der Waals surface area (Å²) in [6.07, 6.45) is -7.09. The van der Waals surface area contributed by atoms with Gasteiger partial charge in [0.15, 0.2) is 0 Å². The van der Waals surface area contributed by atoms with E-state index in [1.807, 2.05) is 0 Å². The number of aliphatic hydroxyl groups excluding tert-OH is 1. The summed E-state index contributed by atoms with van der Waals surface area (Å²) in [5, 5.41) is 19.1. The topological polar surface area (TPSA) is 125 Å². The van der Waals surface area contributed by atoms with E-state index in [4.69, 9.17) is 9.94 Å². The molecule has 168 valence electrons. The first-order valence-corrected chi connectivity index (χ1v) is 10.2. The molecule has 9 nitrogen and oxygen atoms in total. The van der Waals surface area contributed by atoms with Gasteiger partial charge in [0.2, 0.25) is 10.0 Å². The molecule has 2 atom stereocenters. The average molecular weight is 462 g/mol. The number of ether oxygens (including phenoxy) is 2. The fourth-order valence-corrected chi connectivity index (χ4v) is 4.67. The van der Waals surface area contributed by atoms with Gasteiger partial charge in [0.1, 0.15) is 23.7 Å². The molecule has 1 saturated heterocycles. The molecule has 0 aliphatic carbocycles. The molecule has 1 aliphatic heterocycles.